The molecule has 1 aromatic carbocycles. The summed E-state index contributed by atoms with van der Waals surface area (Å²) in [6.45, 7) is 5.20. The lowest BCUT2D eigenvalue weighted by molar-refractivity contribution is 0.0933. The Morgan fingerprint density at radius 3 is 2.60 bits per heavy atom. The van der Waals surface area contributed by atoms with Crippen molar-refractivity contribution in [1.82, 2.24) is 9.80 Å². The first-order valence-electron chi connectivity index (χ1n) is 8.26. The molecule has 0 amide bonds. The summed E-state index contributed by atoms with van der Waals surface area (Å²) >= 11 is 0. The van der Waals surface area contributed by atoms with E-state index in [-0.39, 0.29) is 0 Å². The van der Waals surface area contributed by atoms with E-state index in [4.69, 9.17) is 0 Å². The molecule has 0 N–H and O–H groups in total. The minimum atomic E-state index is 0.427. The van der Waals surface area contributed by atoms with Crippen molar-refractivity contribution in [2.75, 3.05) is 33.2 Å². The number of hydrogen-bond acceptors (Lipinski definition) is 2. The van der Waals surface area contributed by atoms with Crippen molar-refractivity contribution < 1.29 is 0 Å². The van der Waals surface area contributed by atoms with Gasteiger partial charge in [-0.15, -0.1) is 0 Å². The van der Waals surface area contributed by atoms with Crippen LogP contribution in [0, 0.1) is 5.92 Å². The van der Waals surface area contributed by atoms with Gasteiger partial charge in [0.25, 0.3) is 0 Å². The average Bonchev–Trinajstić information content (AvgIpc) is 3.24. The van der Waals surface area contributed by atoms with E-state index in [1.807, 2.05) is 0 Å². The van der Waals surface area contributed by atoms with Crippen LogP contribution in [0.25, 0.3) is 0 Å². The summed E-state index contributed by atoms with van der Waals surface area (Å²) in [6.07, 6.45) is 5.63. The van der Waals surface area contributed by atoms with Crippen LogP contribution in [0.4, 0.5) is 0 Å². The van der Waals surface area contributed by atoms with E-state index in [2.05, 4.69) is 47.2 Å². The molecule has 0 spiro atoms. The van der Waals surface area contributed by atoms with Gasteiger partial charge in [-0.2, -0.15) is 0 Å². The number of likely N-dealkylation sites (tertiary alicyclic amines) is 2. The van der Waals surface area contributed by atoms with Crippen LogP contribution in [0.1, 0.15) is 31.2 Å². The van der Waals surface area contributed by atoms with Gasteiger partial charge in [0, 0.05) is 24.5 Å². The summed E-state index contributed by atoms with van der Waals surface area (Å²) in [5, 5.41) is 0. The Kier molecular flexibility index (Phi) is 3.12. The van der Waals surface area contributed by atoms with Crippen LogP contribution in [-0.4, -0.2) is 49.1 Å². The highest BCUT2D eigenvalue weighted by Gasteiger charge is 2.50. The number of likely N-dealkylation sites (N-methyl/N-ethyl adjacent to an activating group) is 1. The largest absolute Gasteiger partial charge is 0.301 e. The highest BCUT2D eigenvalue weighted by atomic mass is 15.3. The van der Waals surface area contributed by atoms with E-state index in [0.29, 0.717) is 5.41 Å². The van der Waals surface area contributed by atoms with Gasteiger partial charge < -0.3 is 9.80 Å². The SMILES string of the molecule is CN1CC[C@]2(c3ccccc3)CCN(CC3CC3)C[C@@H]12. The summed E-state index contributed by atoms with van der Waals surface area (Å²) < 4.78 is 0. The molecule has 2 heteroatoms. The highest BCUT2D eigenvalue weighted by molar-refractivity contribution is 5.31. The molecule has 1 aliphatic carbocycles. The average molecular weight is 270 g/mol. The fourth-order valence-corrected chi connectivity index (χ4v) is 4.50. The first-order valence-corrected chi connectivity index (χ1v) is 8.26. The number of benzene rings is 1. The third-order valence-electron chi connectivity index (χ3n) is 5.95. The zero-order valence-corrected chi connectivity index (χ0v) is 12.6. The first kappa shape index (κ1) is 12.8. The van der Waals surface area contributed by atoms with Crippen LogP contribution in [0.5, 0.6) is 0 Å². The summed E-state index contributed by atoms with van der Waals surface area (Å²) in [5.41, 5.74) is 2.01. The maximum absolute atomic E-state index is 2.74. The molecule has 2 nitrogen and oxygen atoms in total. The van der Waals surface area contributed by atoms with Crippen LogP contribution in [0.2, 0.25) is 0 Å². The van der Waals surface area contributed by atoms with Gasteiger partial charge in [-0.05, 0) is 57.3 Å². The number of rotatable bonds is 3. The standard InChI is InChI=1S/C18H26N2/c1-19-11-9-18(16-5-3-2-4-6-16)10-12-20(14-17(18)19)13-15-7-8-15/h2-6,15,17H,7-14H2,1H3/t17-,18-/m1/s1. The van der Waals surface area contributed by atoms with Crippen LogP contribution in [0.15, 0.2) is 30.3 Å². The lowest BCUT2D eigenvalue weighted by atomic mass is 9.69. The number of piperidine rings is 1. The molecule has 1 aromatic rings. The molecular formula is C18H26N2. The third kappa shape index (κ3) is 2.10. The molecule has 0 aromatic heterocycles. The molecule has 0 radical (unpaired) electrons. The molecule has 4 rings (SSSR count). The monoisotopic (exact) mass is 270 g/mol. The van der Waals surface area contributed by atoms with Crippen molar-refractivity contribution in [2.24, 2.45) is 5.92 Å². The predicted octanol–water partition coefficient (Wildman–Crippen LogP) is 2.74. The van der Waals surface area contributed by atoms with E-state index in [0.717, 1.165) is 12.0 Å². The normalized spacial score (nSPS) is 35.1. The summed E-state index contributed by atoms with van der Waals surface area (Å²) in [7, 11) is 2.33. The van der Waals surface area contributed by atoms with Gasteiger partial charge in [0.2, 0.25) is 0 Å². The first-order chi connectivity index (χ1) is 9.78. The zero-order valence-electron chi connectivity index (χ0n) is 12.6. The molecule has 3 aliphatic rings. The summed E-state index contributed by atoms with van der Waals surface area (Å²) in [4.78, 5) is 5.36. The molecule has 2 heterocycles. The van der Waals surface area contributed by atoms with Gasteiger partial charge in [-0.3, -0.25) is 0 Å². The molecule has 20 heavy (non-hydrogen) atoms. The van der Waals surface area contributed by atoms with E-state index in [1.54, 1.807) is 5.56 Å². The Morgan fingerprint density at radius 1 is 1.10 bits per heavy atom. The highest BCUT2D eigenvalue weighted by Crippen LogP contribution is 2.45. The summed E-state index contributed by atoms with van der Waals surface area (Å²) in [6, 6.07) is 12.0. The smallest absolute Gasteiger partial charge is 0.0317 e. The number of nitrogens with zero attached hydrogens (tertiary/aromatic N) is 2. The molecule has 3 fully saturated rings. The zero-order chi connectivity index (χ0) is 13.6. The Bertz CT molecular complexity index is 468. The molecule has 2 atom stereocenters. The maximum Gasteiger partial charge on any atom is 0.0317 e. The lowest BCUT2D eigenvalue weighted by Gasteiger charge is -2.46. The number of hydrogen-bond donors (Lipinski definition) is 0. The lowest BCUT2D eigenvalue weighted by Crippen LogP contribution is -2.55. The van der Waals surface area contributed by atoms with E-state index in [1.165, 1.54) is 51.9 Å². The fourth-order valence-electron chi connectivity index (χ4n) is 4.50. The topological polar surface area (TPSA) is 6.48 Å². The Hall–Kier alpha value is -0.860. The molecule has 2 saturated heterocycles. The second kappa shape index (κ2) is 4.85. The van der Waals surface area contributed by atoms with Crippen LogP contribution >= 0.6 is 0 Å². The van der Waals surface area contributed by atoms with Gasteiger partial charge in [0.05, 0.1) is 0 Å². The minimum Gasteiger partial charge on any atom is -0.301 e. The fraction of sp³-hybridized carbons (Fsp3) is 0.667. The van der Waals surface area contributed by atoms with Gasteiger partial charge >= 0.3 is 0 Å². The maximum atomic E-state index is 2.74. The molecule has 1 saturated carbocycles. The van der Waals surface area contributed by atoms with Gasteiger partial charge in [-0.25, -0.2) is 0 Å². The Balaban J connectivity index is 1.59. The van der Waals surface area contributed by atoms with Crippen LogP contribution in [0.3, 0.4) is 0 Å². The molecule has 108 valence electrons. The third-order valence-corrected chi connectivity index (χ3v) is 5.95. The van der Waals surface area contributed by atoms with Gasteiger partial charge in [0.15, 0.2) is 0 Å². The van der Waals surface area contributed by atoms with E-state index < -0.39 is 0 Å². The number of fused-ring (bicyclic) bond motifs is 1. The van der Waals surface area contributed by atoms with Crippen LogP contribution < -0.4 is 0 Å². The van der Waals surface area contributed by atoms with E-state index >= 15 is 0 Å². The van der Waals surface area contributed by atoms with Crippen molar-refractivity contribution in [1.29, 1.82) is 0 Å². The Morgan fingerprint density at radius 2 is 1.85 bits per heavy atom. The quantitative estimate of drug-likeness (QED) is 0.833. The van der Waals surface area contributed by atoms with Crippen LogP contribution in [-0.2, 0) is 5.41 Å². The van der Waals surface area contributed by atoms with Crippen molar-refractivity contribution in [3.05, 3.63) is 35.9 Å². The predicted molar refractivity (Wildman–Crippen MR) is 82.9 cm³/mol. The van der Waals surface area contributed by atoms with E-state index in [9.17, 15) is 0 Å². The second-order valence-corrected chi connectivity index (χ2v) is 7.22. The minimum absolute atomic E-state index is 0.427. The summed E-state index contributed by atoms with van der Waals surface area (Å²) in [5.74, 6) is 1.02. The van der Waals surface area contributed by atoms with Crippen molar-refractivity contribution >= 4 is 0 Å². The van der Waals surface area contributed by atoms with Crippen molar-refractivity contribution in [2.45, 2.75) is 37.1 Å². The molecule has 0 unspecified atom stereocenters. The molecule has 0 bridgehead atoms. The van der Waals surface area contributed by atoms with Gasteiger partial charge in [0.1, 0.15) is 0 Å². The van der Waals surface area contributed by atoms with Crippen molar-refractivity contribution in [3.63, 3.8) is 0 Å². The second-order valence-electron chi connectivity index (χ2n) is 7.22. The van der Waals surface area contributed by atoms with Gasteiger partial charge in [-0.1, -0.05) is 30.3 Å². The Labute approximate surface area is 122 Å². The van der Waals surface area contributed by atoms with Crippen molar-refractivity contribution in [3.8, 4) is 0 Å². The molecular weight excluding hydrogens is 244 g/mol. The molecule has 2 aliphatic heterocycles.